The Balaban J connectivity index is 1.84. The molecule has 1 fully saturated rings. The molecule has 8 heteroatoms. The summed E-state index contributed by atoms with van der Waals surface area (Å²) in [5.41, 5.74) is 0.397. The van der Waals surface area contributed by atoms with Crippen LogP contribution in [0, 0.1) is 0 Å². The second-order valence-corrected chi connectivity index (χ2v) is 4.92. The van der Waals surface area contributed by atoms with E-state index in [-0.39, 0.29) is 17.8 Å². The molecule has 1 aliphatic rings. The number of nitrogens with zero attached hydrogens (tertiary/aromatic N) is 1. The van der Waals surface area contributed by atoms with Gasteiger partial charge < -0.3 is 20.3 Å². The molecule has 1 saturated heterocycles. The third kappa shape index (κ3) is 5.14. The van der Waals surface area contributed by atoms with Gasteiger partial charge in [-0.3, -0.25) is 0 Å². The number of hydrogen-bond donors (Lipinski definition) is 2. The molecule has 2 N–H and O–H groups in total. The van der Waals surface area contributed by atoms with Crippen LogP contribution in [0.3, 0.4) is 0 Å². The number of ether oxygens (including phenoxy) is 1. The van der Waals surface area contributed by atoms with E-state index in [1.807, 2.05) is 7.05 Å². The van der Waals surface area contributed by atoms with E-state index in [4.69, 9.17) is 0 Å². The Morgan fingerprint density at radius 3 is 2.52 bits per heavy atom. The van der Waals surface area contributed by atoms with Gasteiger partial charge in [-0.2, -0.15) is 0 Å². The predicted octanol–water partition coefficient (Wildman–Crippen LogP) is 2.41. The molecule has 0 aliphatic carbocycles. The van der Waals surface area contributed by atoms with Gasteiger partial charge in [0.15, 0.2) is 0 Å². The largest absolute Gasteiger partial charge is 0.573 e. The van der Waals surface area contributed by atoms with Gasteiger partial charge in [-0.05, 0) is 44.3 Å². The van der Waals surface area contributed by atoms with Crippen LogP contribution >= 0.6 is 0 Å². The number of halogens is 3. The number of alkyl halides is 3. The number of rotatable bonds is 3. The summed E-state index contributed by atoms with van der Waals surface area (Å²) in [6, 6.07) is 4.70. The van der Waals surface area contributed by atoms with Crippen molar-refractivity contribution in [2.75, 3.05) is 25.5 Å². The summed E-state index contributed by atoms with van der Waals surface area (Å²) >= 11 is 0. The molecular weight excluding hydrogens is 287 g/mol. The van der Waals surface area contributed by atoms with Crippen LogP contribution in [0.4, 0.5) is 23.7 Å². The number of carbonyl (C=O) groups excluding carboxylic acids is 1. The van der Waals surface area contributed by atoms with E-state index in [9.17, 15) is 18.0 Å². The molecule has 5 nitrogen and oxygen atoms in total. The van der Waals surface area contributed by atoms with Crippen molar-refractivity contribution >= 4 is 11.7 Å². The van der Waals surface area contributed by atoms with Crippen LogP contribution in [-0.4, -0.2) is 43.5 Å². The number of nitrogens with one attached hydrogen (secondary N) is 2. The van der Waals surface area contributed by atoms with Crippen LogP contribution in [0.1, 0.15) is 6.42 Å². The van der Waals surface area contributed by atoms with Gasteiger partial charge in [-0.1, -0.05) is 0 Å². The number of hydrogen-bond acceptors (Lipinski definition) is 3. The monoisotopic (exact) mass is 303 g/mol. The number of anilines is 1. The summed E-state index contributed by atoms with van der Waals surface area (Å²) in [5, 5.41) is 5.38. The number of amides is 2. The van der Waals surface area contributed by atoms with Gasteiger partial charge in [0.2, 0.25) is 0 Å². The average Bonchev–Trinajstić information content (AvgIpc) is 2.75. The lowest BCUT2D eigenvalue weighted by Gasteiger charge is -2.14. The maximum Gasteiger partial charge on any atom is 0.573 e. The van der Waals surface area contributed by atoms with Crippen molar-refractivity contribution in [3.8, 4) is 5.75 Å². The van der Waals surface area contributed by atoms with E-state index in [1.54, 1.807) is 0 Å². The van der Waals surface area contributed by atoms with Crippen LogP contribution in [-0.2, 0) is 0 Å². The van der Waals surface area contributed by atoms with Crippen LogP contribution in [0.15, 0.2) is 24.3 Å². The first-order valence-electron chi connectivity index (χ1n) is 6.44. The highest BCUT2D eigenvalue weighted by atomic mass is 19.4. The van der Waals surface area contributed by atoms with Gasteiger partial charge in [0, 0.05) is 18.3 Å². The highest BCUT2D eigenvalue weighted by molar-refractivity contribution is 5.89. The minimum absolute atomic E-state index is 0.0860. The summed E-state index contributed by atoms with van der Waals surface area (Å²) in [4.78, 5) is 13.8. The van der Waals surface area contributed by atoms with Crippen molar-refractivity contribution in [3.63, 3.8) is 0 Å². The van der Waals surface area contributed by atoms with Crippen molar-refractivity contribution < 1.29 is 22.7 Å². The highest BCUT2D eigenvalue weighted by Crippen LogP contribution is 2.23. The zero-order valence-electron chi connectivity index (χ0n) is 11.4. The predicted molar refractivity (Wildman–Crippen MR) is 71.2 cm³/mol. The number of benzene rings is 1. The van der Waals surface area contributed by atoms with Gasteiger partial charge in [0.1, 0.15) is 5.75 Å². The summed E-state index contributed by atoms with van der Waals surface area (Å²) < 4.78 is 39.8. The fourth-order valence-electron chi connectivity index (χ4n) is 2.15. The second-order valence-electron chi connectivity index (χ2n) is 4.92. The fraction of sp³-hybridized carbons (Fsp3) is 0.462. The third-order valence-corrected chi connectivity index (χ3v) is 3.07. The third-order valence-electron chi connectivity index (χ3n) is 3.07. The van der Waals surface area contributed by atoms with Gasteiger partial charge in [0.05, 0.1) is 0 Å². The number of likely N-dealkylation sites (tertiary alicyclic amines) is 1. The Bertz CT molecular complexity index is 490. The van der Waals surface area contributed by atoms with E-state index in [0.717, 1.165) is 31.6 Å². The topological polar surface area (TPSA) is 53.6 Å². The normalized spacial score (nSPS) is 19.3. The minimum atomic E-state index is -4.72. The van der Waals surface area contributed by atoms with Gasteiger partial charge >= 0.3 is 12.4 Å². The van der Waals surface area contributed by atoms with E-state index in [0.29, 0.717) is 5.69 Å². The Morgan fingerprint density at radius 1 is 1.33 bits per heavy atom. The van der Waals surface area contributed by atoms with E-state index in [1.165, 1.54) is 12.1 Å². The van der Waals surface area contributed by atoms with E-state index >= 15 is 0 Å². The van der Waals surface area contributed by atoms with Gasteiger partial charge in [-0.15, -0.1) is 13.2 Å². The second kappa shape index (κ2) is 6.21. The Kier molecular flexibility index (Phi) is 4.56. The standard InChI is InChI=1S/C13H16F3N3O2/c1-19-7-6-10(8-19)18-12(20)17-9-2-4-11(5-3-9)21-13(14,15)16/h2-5,10H,6-8H2,1H3,(H2,17,18,20). The smallest absolute Gasteiger partial charge is 0.406 e. The van der Waals surface area contributed by atoms with Crippen molar-refractivity contribution in [3.05, 3.63) is 24.3 Å². The van der Waals surface area contributed by atoms with Crippen LogP contribution < -0.4 is 15.4 Å². The first kappa shape index (κ1) is 15.4. The molecule has 0 aromatic heterocycles. The molecule has 1 atom stereocenters. The fourth-order valence-corrected chi connectivity index (χ4v) is 2.15. The SMILES string of the molecule is CN1CCC(NC(=O)Nc2ccc(OC(F)(F)F)cc2)C1. The van der Waals surface area contributed by atoms with Crippen molar-refractivity contribution in [2.45, 2.75) is 18.8 Å². The Hall–Kier alpha value is -1.96. The maximum absolute atomic E-state index is 12.0. The highest BCUT2D eigenvalue weighted by Gasteiger charge is 2.31. The molecular formula is C13H16F3N3O2. The summed E-state index contributed by atoms with van der Waals surface area (Å²) in [6.07, 6.45) is -3.84. The molecule has 1 aliphatic heterocycles. The molecule has 0 bridgehead atoms. The molecule has 1 aromatic rings. The average molecular weight is 303 g/mol. The summed E-state index contributed by atoms with van der Waals surface area (Å²) in [5.74, 6) is -0.328. The quantitative estimate of drug-likeness (QED) is 0.901. The molecule has 0 radical (unpaired) electrons. The molecule has 2 amide bonds. The van der Waals surface area contributed by atoms with Gasteiger partial charge in [0.25, 0.3) is 0 Å². The molecule has 2 rings (SSSR count). The van der Waals surface area contributed by atoms with Crippen molar-refractivity contribution in [2.24, 2.45) is 0 Å². The Labute approximate surface area is 120 Å². The van der Waals surface area contributed by atoms with Crippen LogP contribution in [0.25, 0.3) is 0 Å². The van der Waals surface area contributed by atoms with Crippen molar-refractivity contribution in [1.82, 2.24) is 10.2 Å². The summed E-state index contributed by atoms with van der Waals surface area (Å²) in [7, 11) is 1.97. The molecule has 1 unspecified atom stereocenters. The number of carbonyl (C=O) groups is 1. The lowest BCUT2D eigenvalue weighted by molar-refractivity contribution is -0.274. The molecule has 0 saturated carbocycles. The lowest BCUT2D eigenvalue weighted by atomic mass is 10.2. The molecule has 0 spiro atoms. The first-order valence-corrected chi connectivity index (χ1v) is 6.44. The van der Waals surface area contributed by atoms with E-state index in [2.05, 4.69) is 20.3 Å². The van der Waals surface area contributed by atoms with Crippen LogP contribution in [0.2, 0.25) is 0 Å². The summed E-state index contributed by atoms with van der Waals surface area (Å²) in [6.45, 7) is 1.71. The number of likely N-dealkylation sites (N-methyl/N-ethyl adjacent to an activating group) is 1. The minimum Gasteiger partial charge on any atom is -0.406 e. The molecule has 1 heterocycles. The number of urea groups is 1. The van der Waals surface area contributed by atoms with Crippen LogP contribution in [0.5, 0.6) is 5.75 Å². The lowest BCUT2D eigenvalue weighted by Crippen LogP contribution is -2.39. The molecule has 116 valence electrons. The zero-order valence-corrected chi connectivity index (χ0v) is 11.4. The van der Waals surface area contributed by atoms with Gasteiger partial charge in [-0.25, -0.2) is 4.79 Å². The first-order chi connectivity index (χ1) is 9.82. The molecule has 21 heavy (non-hydrogen) atoms. The molecule has 1 aromatic carbocycles. The van der Waals surface area contributed by atoms with Crippen molar-refractivity contribution in [1.29, 1.82) is 0 Å². The van der Waals surface area contributed by atoms with E-state index < -0.39 is 6.36 Å². The maximum atomic E-state index is 12.0. The zero-order chi connectivity index (χ0) is 15.5. The Morgan fingerprint density at radius 2 is 2.00 bits per heavy atom.